The number of rotatable bonds is 8. The molecule has 0 nitrogen and oxygen atoms in total. The Morgan fingerprint density at radius 3 is 1.65 bits per heavy atom. The minimum atomic E-state index is -2.34. The summed E-state index contributed by atoms with van der Waals surface area (Å²) in [6, 6.07) is 47.2. The number of hydrogen-bond donors (Lipinski definition) is 0. The van der Waals surface area contributed by atoms with Gasteiger partial charge in [-0.05, 0) is 6.92 Å². The maximum absolute atomic E-state index is 3.89. The van der Waals surface area contributed by atoms with Crippen LogP contribution in [0, 0.1) is 4.37 Å². The first kappa shape index (κ1) is 33.4. The van der Waals surface area contributed by atoms with Crippen LogP contribution in [0.5, 0.6) is 0 Å². The Morgan fingerprint density at radius 1 is 0.653 bits per heavy atom. The Labute approximate surface area is 305 Å². The van der Waals surface area contributed by atoms with Crippen molar-refractivity contribution in [1.82, 2.24) is 0 Å². The molecule has 3 heteroatoms. The molecule has 0 spiro atoms. The van der Waals surface area contributed by atoms with Gasteiger partial charge in [-0.15, -0.1) is 0 Å². The number of allylic oxidation sites excluding steroid dienone is 8. The first-order valence-corrected chi connectivity index (χ1v) is 20.8. The molecule has 0 aliphatic heterocycles. The van der Waals surface area contributed by atoms with Crippen LogP contribution in [0.4, 0.5) is 0 Å². The van der Waals surface area contributed by atoms with Gasteiger partial charge < -0.3 is 0 Å². The molecule has 1 saturated carbocycles. The van der Waals surface area contributed by atoms with E-state index in [1.807, 2.05) is 29.3 Å². The van der Waals surface area contributed by atoms with E-state index < -0.39 is 7.26 Å². The van der Waals surface area contributed by atoms with Crippen LogP contribution in [-0.4, -0.2) is 0 Å². The number of benzene rings is 5. The van der Waals surface area contributed by atoms with Crippen molar-refractivity contribution in [3.63, 3.8) is 0 Å². The fraction of sp³-hybridized carbons (Fsp3) is 0.109. The van der Waals surface area contributed by atoms with Crippen LogP contribution >= 0.6 is 18.6 Å². The van der Waals surface area contributed by atoms with Gasteiger partial charge in [0.2, 0.25) is 0 Å². The van der Waals surface area contributed by atoms with Crippen LogP contribution in [0.3, 0.4) is 0 Å². The van der Waals surface area contributed by atoms with Gasteiger partial charge in [0.1, 0.15) is 0 Å². The zero-order valence-corrected chi connectivity index (χ0v) is 32.2. The summed E-state index contributed by atoms with van der Waals surface area (Å²) in [6.45, 7) is 4.26. The third-order valence-electron chi connectivity index (χ3n) is 9.44. The molecule has 0 amide bonds. The fourth-order valence-corrected chi connectivity index (χ4v) is 14.0. The Bertz CT molecular complexity index is 2220. The topological polar surface area (TPSA) is 0 Å². The van der Waals surface area contributed by atoms with Crippen LogP contribution in [0.1, 0.15) is 44.2 Å². The van der Waals surface area contributed by atoms with E-state index >= 15 is 0 Å². The molecule has 1 fully saturated rings. The van der Waals surface area contributed by atoms with Gasteiger partial charge in [0.25, 0.3) is 0 Å². The number of hydrogen-bond acceptors (Lipinski definition) is 1. The molecule has 0 bridgehead atoms. The van der Waals surface area contributed by atoms with E-state index in [4.69, 9.17) is 0 Å². The van der Waals surface area contributed by atoms with Gasteiger partial charge in [-0.2, -0.15) is 0 Å². The van der Waals surface area contributed by atoms with Gasteiger partial charge in [-0.1, -0.05) is 6.08 Å². The van der Waals surface area contributed by atoms with Crippen molar-refractivity contribution in [3.05, 3.63) is 185 Å². The maximum atomic E-state index is 3.89. The van der Waals surface area contributed by atoms with E-state index in [2.05, 4.69) is 182 Å². The Balaban J connectivity index is 1.50. The molecule has 1 heterocycles. The minimum absolute atomic E-state index is 1.10. The summed E-state index contributed by atoms with van der Waals surface area (Å²) in [5.74, 6) is 0. The van der Waals surface area contributed by atoms with Crippen LogP contribution in [0.15, 0.2) is 174 Å². The zero-order chi connectivity index (χ0) is 33.6. The van der Waals surface area contributed by atoms with E-state index in [0.717, 1.165) is 12.8 Å². The zero-order valence-electron chi connectivity index (χ0n) is 27.9. The molecular formula is C46H39OsPS+. The van der Waals surface area contributed by atoms with E-state index in [-0.39, 0.29) is 0 Å². The van der Waals surface area contributed by atoms with Gasteiger partial charge in [-0.25, -0.2) is 0 Å². The molecule has 1 aromatic heterocycles. The van der Waals surface area contributed by atoms with Crippen molar-refractivity contribution in [2.24, 2.45) is 0 Å². The van der Waals surface area contributed by atoms with E-state index in [0.29, 0.717) is 0 Å². The van der Waals surface area contributed by atoms with Crippen molar-refractivity contribution in [1.29, 1.82) is 0 Å². The fourth-order valence-electron chi connectivity index (χ4n) is 7.16. The molecule has 0 N–H and O–H groups in total. The van der Waals surface area contributed by atoms with Crippen LogP contribution < -0.4 is 15.9 Å². The molecule has 1 aliphatic rings. The molecule has 0 unspecified atom stereocenters. The quantitative estimate of drug-likeness (QED) is 0.106. The third kappa shape index (κ3) is 6.61. The summed E-state index contributed by atoms with van der Waals surface area (Å²) in [4.78, 5) is 0. The van der Waals surface area contributed by atoms with E-state index in [1.54, 1.807) is 0 Å². The monoisotopic (exact) mass is 846 g/mol. The molecule has 0 saturated heterocycles. The molecule has 241 valence electrons. The third-order valence-corrected chi connectivity index (χ3v) is 16.0. The van der Waals surface area contributed by atoms with Crippen LogP contribution in [0.25, 0.3) is 32.3 Å². The van der Waals surface area contributed by atoms with Crippen molar-refractivity contribution in [2.75, 3.05) is 0 Å². The Kier molecular flexibility index (Phi) is 10.3. The molecule has 1 aliphatic carbocycles. The van der Waals surface area contributed by atoms with Gasteiger partial charge >= 0.3 is 294 Å². The van der Waals surface area contributed by atoms with Gasteiger partial charge in [0.15, 0.2) is 0 Å². The summed E-state index contributed by atoms with van der Waals surface area (Å²) in [6.07, 6.45) is 17.2. The number of fused-ring (bicyclic) bond motifs is 3. The van der Waals surface area contributed by atoms with Gasteiger partial charge in [0.05, 0.1) is 0 Å². The molecule has 6 aromatic rings. The first-order valence-electron chi connectivity index (χ1n) is 16.9. The second kappa shape index (κ2) is 15.2. The Morgan fingerprint density at radius 2 is 1.16 bits per heavy atom. The molecule has 5 aromatic carbocycles. The first-order chi connectivity index (χ1) is 24.1. The molecular weight excluding hydrogens is 806 g/mol. The number of thiophene rings is 1. The predicted molar refractivity (Wildman–Crippen MR) is 215 cm³/mol. The van der Waals surface area contributed by atoms with Crippen molar-refractivity contribution >= 4 is 66.8 Å². The van der Waals surface area contributed by atoms with Gasteiger partial charge in [-0.3, -0.25) is 0 Å². The standard InChI is InChI=1S/C46H39PS.Os/c1-4-16-35-26-29-45-43(31-35)44-32-36(27-30-46(44)48-45)25-28-38(33-39-18-15-17-37(39)5-2)34(3)47(40-19-9-6-10-20-40,41-21-11-7-12-22-41)42-23-13-8-14-24-42;/h4-14,16,19-33H,15,17-18H2,1-2H3;/q+1;/b16-4+,28-25+,37-5?,38-34?,39-33?;. The summed E-state index contributed by atoms with van der Waals surface area (Å²) in [5.41, 5.74) is 6.60. The summed E-state index contributed by atoms with van der Waals surface area (Å²) in [5, 5.41) is 7.94. The summed E-state index contributed by atoms with van der Waals surface area (Å²) in [7, 11) is -2.34. The molecule has 0 atom stereocenters. The second-order valence-corrected chi connectivity index (χ2v) is 17.4. The SMILES string of the molecule is CC=C1CCCC1=CC(/C=C/c1ccc2sc3ccc(/C=C/C)cc3c2c1)=C([C]#[Os])[P+](c1ccccc1)(c1ccccc1)c1ccccc1. The molecule has 7 rings (SSSR count). The van der Waals surface area contributed by atoms with E-state index in [9.17, 15) is 0 Å². The summed E-state index contributed by atoms with van der Waals surface area (Å²) < 4.78 is 6.54. The van der Waals surface area contributed by atoms with Crippen molar-refractivity contribution in [3.8, 4) is 4.37 Å². The normalized spacial score (nSPS) is 16.0. The Hall–Kier alpha value is -4.13. The van der Waals surface area contributed by atoms with Crippen LogP contribution in [0.2, 0.25) is 0 Å². The predicted octanol–water partition coefficient (Wildman–Crippen LogP) is 11.9. The average molecular weight is 845 g/mol. The van der Waals surface area contributed by atoms with Crippen molar-refractivity contribution < 1.29 is 17.9 Å². The summed E-state index contributed by atoms with van der Waals surface area (Å²) >= 11 is 3.73. The molecule has 0 radical (unpaired) electrons. The average Bonchev–Trinajstić information content (AvgIpc) is 3.77. The van der Waals surface area contributed by atoms with Crippen LogP contribution in [-0.2, 0) is 17.9 Å². The van der Waals surface area contributed by atoms with Crippen molar-refractivity contribution in [2.45, 2.75) is 33.1 Å². The second-order valence-electron chi connectivity index (χ2n) is 12.4. The van der Waals surface area contributed by atoms with Gasteiger partial charge in [0, 0.05) is 0 Å². The van der Waals surface area contributed by atoms with E-state index in [1.165, 1.54) is 75.7 Å². The molecule has 49 heavy (non-hydrogen) atoms.